The van der Waals surface area contributed by atoms with Crippen molar-refractivity contribution in [3.63, 3.8) is 0 Å². The summed E-state index contributed by atoms with van der Waals surface area (Å²) in [7, 11) is 1.60. The van der Waals surface area contributed by atoms with Crippen molar-refractivity contribution >= 4 is 24.2 Å². The molecule has 0 saturated carbocycles. The predicted octanol–water partition coefficient (Wildman–Crippen LogP) is -0.0216. The highest BCUT2D eigenvalue weighted by atomic mass is 35.5. The molecule has 0 radical (unpaired) electrons. The number of hydrogen-bond donors (Lipinski definition) is 3. The van der Waals surface area contributed by atoms with Crippen LogP contribution in [0, 0.1) is 0 Å². The molecule has 0 heterocycles. The van der Waals surface area contributed by atoms with Crippen LogP contribution in [0.3, 0.4) is 0 Å². The van der Waals surface area contributed by atoms with Crippen molar-refractivity contribution in [1.82, 2.24) is 5.32 Å². The summed E-state index contributed by atoms with van der Waals surface area (Å²) in [6, 6.07) is 6.69. The Bertz CT molecular complexity index is 454. The number of carbonyl (C=O) groups excluding carboxylic acids is 2. The van der Waals surface area contributed by atoms with Gasteiger partial charge in [0.05, 0.1) is 19.6 Å². The second kappa shape index (κ2) is 9.17. The van der Waals surface area contributed by atoms with Crippen LogP contribution in [-0.4, -0.2) is 31.5 Å². The highest BCUT2D eigenvalue weighted by Crippen LogP contribution is 2.12. The second-order valence-corrected chi connectivity index (χ2v) is 4.17. The summed E-state index contributed by atoms with van der Waals surface area (Å²) in [6.07, 6.45) is 0.511. The summed E-state index contributed by atoms with van der Waals surface area (Å²) in [5, 5.41) is 2.66. The Labute approximate surface area is 124 Å². The van der Waals surface area contributed by atoms with E-state index in [1.807, 2.05) is 24.3 Å². The van der Waals surface area contributed by atoms with Gasteiger partial charge in [0.15, 0.2) is 0 Å². The van der Waals surface area contributed by atoms with Crippen LogP contribution in [0.15, 0.2) is 24.3 Å². The molecular formula is C13H20ClN3O3. The number of amides is 2. The first-order chi connectivity index (χ1) is 9.02. The quantitative estimate of drug-likeness (QED) is 0.657. The van der Waals surface area contributed by atoms with E-state index in [-0.39, 0.29) is 24.7 Å². The number of halogens is 1. The van der Waals surface area contributed by atoms with Crippen molar-refractivity contribution in [2.75, 3.05) is 13.7 Å². The number of ether oxygens (including phenoxy) is 1. The van der Waals surface area contributed by atoms with Crippen molar-refractivity contribution in [2.45, 2.75) is 18.9 Å². The van der Waals surface area contributed by atoms with Crippen LogP contribution in [0.1, 0.15) is 12.0 Å². The van der Waals surface area contributed by atoms with Gasteiger partial charge < -0.3 is 21.5 Å². The van der Waals surface area contributed by atoms with Gasteiger partial charge in [-0.15, -0.1) is 12.4 Å². The Balaban J connectivity index is 0.00000361. The maximum Gasteiger partial charge on any atom is 0.237 e. The van der Waals surface area contributed by atoms with E-state index in [9.17, 15) is 9.59 Å². The van der Waals surface area contributed by atoms with Crippen LogP contribution >= 0.6 is 12.4 Å². The number of nitrogens with one attached hydrogen (secondary N) is 1. The average Bonchev–Trinajstić information content (AvgIpc) is 2.38. The normalized spacial score (nSPS) is 11.1. The fourth-order valence-corrected chi connectivity index (χ4v) is 1.60. The van der Waals surface area contributed by atoms with E-state index in [0.717, 1.165) is 11.3 Å². The Morgan fingerprint density at radius 1 is 1.40 bits per heavy atom. The minimum Gasteiger partial charge on any atom is -0.497 e. The van der Waals surface area contributed by atoms with E-state index in [1.165, 1.54) is 0 Å². The molecule has 112 valence electrons. The molecule has 1 unspecified atom stereocenters. The van der Waals surface area contributed by atoms with Gasteiger partial charge in [-0.25, -0.2) is 0 Å². The third-order valence-corrected chi connectivity index (χ3v) is 2.60. The van der Waals surface area contributed by atoms with Crippen LogP contribution in [0.5, 0.6) is 5.75 Å². The van der Waals surface area contributed by atoms with E-state index in [2.05, 4.69) is 5.32 Å². The number of carbonyl (C=O) groups is 2. The van der Waals surface area contributed by atoms with Crippen LogP contribution in [-0.2, 0) is 16.0 Å². The van der Waals surface area contributed by atoms with E-state index in [0.29, 0.717) is 13.0 Å². The zero-order chi connectivity index (χ0) is 14.3. The molecular weight excluding hydrogens is 282 g/mol. The third-order valence-electron chi connectivity index (χ3n) is 2.60. The molecule has 0 bridgehead atoms. The number of nitrogens with two attached hydrogens (primary N) is 2. The third kappa shape index (κ3) is 6.40. The second-order valence-electron chi connectivity index (χ2n) is 4.17. The lowest BCUT2D eigenvalue weighted by atomic mass is 10.1. The SMILES string of the molecule is COc1cccc(CCNC(=O)C(N)CC(N)=O)c1.Cl. The summed E-state index contributed by atoms with van der Waals surface area (Å²) >= 11 is 0. The van der Waals surface area contributed by atoms with Crippen LogP contribution in [0.4, 0.5) is 0 Å². The van der Waals surface area contributed by atoms with Gasteiger partial charge in [-0.1, -0.05) is 12.1 Å². The van der Waals surface area contributed by atoms with Crippen LogP contribution in [0.25, 0.3) is 0 Å². The fourth-order valence-electron chi connectivity index (χ4n) is 1.60. The van der Waals surface area contributed by atoms with Gasteiger partial charge in [-0.3, -0.25) is 9.59 Å². The first kappa shape index (κ1) is 18.2. The maximum absolute atomic E-state index is 11.5. The number of benzene rings is 1. The topological polar surface area (TPSA) is 107 Å². The van der Waals surface area contributed by atoms with Gasteiger partial charge >= 0.3 is 0 Å². The summed E-state index contributed by atoms with van der Waals surface area (Å²) < 4.78 is 5.11. The summed E-state index contributed by atoms with van der Waals surface area (Å²) in [5.41, 5.74) is 11.5. The zero-order valence-electron chi connectivity index (χ0n) is 11.3. The lowest BCUT2D eigenvalue weighted by molar-refractivity contribution is -0.126. The molecule has 0 aromatic heterocycles. The van der Waals surface area contributed by atoms with Crippen molar-refractivity contribution in [3.05, 3.63) is 29.8 Å². The minimum atomic E-state index is -0.886. The Hall–Kier alpha value is -1.79. The molecule has 6 nitrogen and oxygen atoms in total. The predicted molar refractivity (Wildman–Crippen MR) is 78.7 cm³/mol. The van der Waals surface area contributed by atoms with E-state index in [4.69, 9.17) is 16.2 Å². The average molecular weight is 302 g/mol. The van der Waals surface area contributed by atoms with Gasteiger partial charge in [0.1, 0.15) is 5.75 Å². The van der Waals surface area contributed by atoms with E-state index >= 15 is 0 Å². The Morgan fingerprint density at radius 3 is 2.70 bits per heavy atom. The number of methoxy groups -OCH3 is 1. The Kier molecular flexibility index (Phi) is 8.35. The summed E-state index contributed by atoms with van der Waals surface area (Å²) in [5.74, 6) is -0.189. The largest absolute Gasteiger partial charge is 0.497 e. The molecule has 0 aliphatic heterocycles. The molecule has 0 fully saturated rings. The molecule has 5 N–H and O–H groups in total. The van der Waals surface area contributed by atoms with Crippen molar-refractivity contribution < 1.29 is 14.3 Å². The minimum absolute atomic E-state index is 0. The van der Waals surface area contributed by atoms with Crippen molar-refractivity contribution in [1.29, 1.82) is 0 Å². The molecule has 0 aliphatic carbocycles. The summed E-state index contributed by atoms with van der Waals surface area (Å²) in [6.45, 7) is 0.443. The van der Waals surface area contributed by atoms with Gasteiger partial charge in [0, 0.05) is 6.54 Å². The number of primary amides is 1. The standard InChI is InChI=1S/C13H19N3O3.ClH/c1-19-10-4-2-3-9(7-10)5-6-16-13(18)11(14)8-12(15)17;/h2-4,7,11H,5-6,8,14H2,1H3,(H2,15,17)(H,16,18);1H. The van der Waals surface area contributed by atoms with Crippen LogP contribution < -0.4 is 21.5 Å². The zero-order valence-corrected chi connectivity index (χ0v) is 12.1. The van der Waals surface area contributed by atoms with Crippen LogP contribution in [0.2, 0.25) is 0 Å². The number of rotatable bonds is 7. The highest BCUT2D eigenvalue weighted by molar-refractivity contribution is 5.87. The maximum atomic E-state index is 11.5. The molecule has 0 spiro atoms. The van der Waals surface area contributed by atoms with Gasteiger partial charge in [0.25, 0.3) is 0 Å². The lowest BCUT2D eigenvalue weighted by Gasteiger charge is -2.10. The van der Waals surface area contributed by atoms with E-state index < -0.39 is 11.9 Å². The monoisotopic (exact) mass is 301 g/mol. The Morgan fingerprint density at radius 2 is 2.10 bits per heavy atom. The van der Waals surface area contributed by atoms with Gasteiger partial charge in [-0.05, 0) is 24.1 Å². The van der Waals surface area contributed by atoms with Crippen molar-refractivity contribution in [3.8, 4) is 5.75 Å². The molecule has 1 rings (SSSR count). The molecule has 1 atom stereocenters. The lowest BCUT2D eigenvalue weighted by Crippen LogP contribution is -2.43. The first-order valence-corrected chi connectivity index (χ1v) is 5.97. The van der Waals surface area contributed by atoms with Crippen molar-refractivity contribution in [2.24, 2.45) is 11.5 Å². The smallest absolute Gasteiger partial charge is 0.237 e. The highest BCUT2D eigenvalue weighted by Gasteiger charge is 2.15. The molecule has 1 aromatic carbocycles. The summed E-state index contributed by atoms with van der Waals surface area (Å²) in [4.78, 5) is 22.2. The molecule has 7 heteroatoms. The van der Waals surface area contributed by atoms with Gasteiger partial charge in [-0.2, -0.15) is 0 Å². The number of hydrogen-bond acceptors (Lipinski definition) is 4. The molecule has 0 saturated heterocycles. The molecule has 2 amide bonds. The van der Waals surface area contributed by atoms with E-state index in [1.54, 1.807) is 7.11 Å². The fraction of sp³-hybridized carbons (Fsp3) is 0.385. The first-order valence-electron chi connectivity index (χ1n) is 5.97. The van der Waals surface area contributed by atoms with Gasteiger partial charge in [0.2, 0.25) is 11.8 Å². The molecule has 0 aliphatic rings. The molecule has 20 heavy (non-hydrogen) atoms. The molecule has 1 aromatic rings.